The van der Waals surface area contributed by atoms with Crippen LogP contribution < -0.4 is 15.4 Å². The Morgan fingerprint density at radius 1 is 0.892 bits per heavy atom. The quantitative estimate of drug-likeness (QED) is 0.312. The Morgan fingerprint density at radius 3 is 2.11 bits per heavy atom. The topological polar surface area (TPSA) is 50.4 Å². The smallest absolute Gasteiger partial charge is 0.403 e. The minimum absolute atomic E-state index is 0.156. The Labute approximate surface area is 208 Å². The van der Waals surface area contributed by atoms with Gasteiger partial charge in [-0.2, -0.15) is 13.2 Å². The number of aryl methyl sites for hydroxylation is 1. The summed E-state index contributed by atoms with van der Waals surface area (Å²) in [6.45, 7) is 0. The number of halogens is 7. The second kappa shape index (κ2) is 11.6. The molecule has 0 aromatic heterocycles. The van der Waals surface area contributed by atoms with Gasteiger partial charge in [-0.25, -0.2) is 4.39 Å². The lowest BCUT2D eigenvalue weighted by molar-refractivity contribution is -0.275. The van der Waals surface area contributed by atoms with Crippen molar-refractivity contribution in [3.63, 3.8) is 0 Å². The van der Waals surface area contributed by atoms with Crippen LogP contribution in [0, 0.1) is 5.82 Å². The molecule has 11 heteroatoms. The molecule has 2 N–H and O–H groups in total. The zero-order valence-electron chi connectivity index (χ0n) is 19.5. The average Bonchev–Trinajstić information content (AvgIpc) is 2.84. The summed E-state index contributed by atoms with van der Waals surface area (Å²) in [5.41, 5.74) is 0.472. The van der Waals surface area contributed by atoms with Gasteiger partial charge in [0.15, 0.2) is 11.6 Å². The number of carbonyl (C=O) groups excluding carboxylic acids is 1. The molecule has 2 atom stereocenters. The lowest BCUT2D eigenvalue weighted by Crippen LogP contribution is -2.38. The lowest BCUT2D eigenvalue weighted by atomic mass is 9.95. The summed E-state index contributed by atoms with van der Waals surface area (Å²) in [7, 11) is 1.42. The van der Waals surface area contributed by atoms with Crippen LogP contribution in [0.15, 0.2) is 72.8 Å². The standard InChI is InChI=1S/C26H23F7N2O2/c1-34-24(36)23(17-5-3-2-4-6-17)35-21(14-9-16-7-11-19(12-8-16)25(28,29)30)18-10-13-20(27)22(15-18)37-26(31,32)33/h2-8,10-13,15,21,23,35H,9,14H2,1H3,(H,34,36)/t21-,23?/m0/s1. The van der Waals surface area contributed by atoms with Gasteiger partial charge in [0.25, 0.3) is 0 Å². The number of amides is 1. The first-order chi connectivity index (χ1) is 17.4. The summed E-state index contributed by atoms with van der Waals surface area (Å²) in [5, 5.41) is 5.63. The van der Waals surface area contributed by atoms with Gasteiger partial charge in [-0.05, 0) is 53.8 Å². The third kappa shape index (κ3) is 7.94. The van der Waals surface area contributed by atoms with Crippen molar-refractivity contribution in [3.05, 3.63) is 101 Å². The Morgan fingerprint density at radius 2 is 1.54 bits per heavy atom. The number of carbonyl (C=O) groups is 1. The highest BCUT2D eigenvalue weighted by Gasteiger charge is 2.33. The Bertz CT molecular complexity index is 1180. The maximum Gasteiger partial charge on any atom is 0.573 e. The van der Waals surface area contributed by atoms with Crippen LogP contribution in [-0.4, -0.2) is 19.3 Å². The van der Waals surface area contributed by atoms with Gasteiger partial charge in [0.1, 0.15) is 6.04 Å². The molecule has 0 saturated heterocycles. The van der Waals surface area contributed by atoms with E-state index in [2.05, 4.69) is 15.4 Å². The van der Waals surface area contributed by atoms with Crippen LogP contribution in [0.25, 0.3) is 0 Å². The molecule has 0 saturated carbocycles. The molecule has 0 aliphatic carbocycles. The molecule has 3 aromatic rings. The molecule has 0 fully saturated rings. The van der Waals surface area contributed by atoms with Crippen LogP contribution in [0.3, 0.4) is 0 Å². The van der Waals surface area contributed by atoms with E-state index in [9.17, 15) is 35.5 Å². The van der Waals surface area contributed by atoms with Crippen molar-refractivity contribution in [2.45, 2.75) is 37.5 Å². The van der Waals surface area contributed by atoms with Gasteiger partial charge >= 0.3 is 12.5 Å². The predicted octanol–water partition coefficient (Wildman–Crippen LogP) is 6.49. The maximum absolute atomic E-state index is 14.1. The van der Waals surface area contributed by atoms with E-state index >= 15 is 0 Å². The van der Waals surface area contributed by atoms with Crippen molar-refractivity contribution in [1.29, 1.82) is 0 Å². The summed E-state index contributed by atoms with van der Waals surface area (Å²) in [6.07, 6.45) is -9.26. The van der Waals surface area contributed by atoms with Crippen LogP contribution in [-0.2, 0) is 17.4 Å². The van der Waals surface area contributed by atoms with Gasteiger partial charge in [-0.1, -0.05) is 48.5 Å². The fourth-order valence-electron chi connectivity index (χ4n) is 3.77. The number of hydrogen-bond donors (Lipinski definition) is 2. The molecule has 0 radical (unpaired) electrons. The molecule has 198 valence electrons. The Hall–Kier alpha value is -3.60. The van der Waals surface area contributed by atoms with Gasteiger partial charge in [0.05, 0.1) is 5.56 Å². The van der Waals surface area contributed by atoms with E-state index in [1.54, 1.807) is 30.3 Å². The normalized spacial score (nSPS) is 13.6. The first kappa shape index (κ1) is 28.0. The van der Waals surface area contributed by atoms with Crippen molar-refractivity contribution >= 4 is 5.91 Å². The first-order valence-corrected chi connectivity index (χ1v) is 11.1. The third-order valence-corrected chi connectivity index (χ3v) is 5.60. The number of nitrogens with one attached hydrogen (secondary N) is 2. The minimum Gasteiger partial charge on any atom is -0.403 e. The largest absolute Gasteiger partial charge is 0.573 e. The highest BCUT2D eigenvalue weighted by Crippen LogP contribution is 2.32. The third-order valence-electron chi connectivity index (χ3n) is 5.60. The fourth-order valence-corrected chi connectivity index (χ4v) is 3.77. The molecule has 0 heterocycles. The molecule has 4 nitrogen and oxygen atoms in total. The SMILES string of the molecule is CNC(=O)C(N[C@@H](CCc1ccc(C(F)(F)F)cc1)c1ccc(F)c(OC(F)(F)F)c1)c1ccccc1. The summed E-state index contributed by atoms with van der Waals surface area (Å²) in [4.78, 5) is 12.7. The van der Waals surface area contributed by atoms with Crippen LogP contribution >= 0.6 is 0 Å². The molecule has 0 aliphatic rings. The lowest BCUT2D eigenvalue weighted by Gasteiger charge is -2.26. The number of ether oxygens (including phenoxy) is 1. The van der Waals surface area contributed by atoms with Crippen molar-refractivity contribution in [3.8, 4) is 5.75 Å². The van der Waals surface area contributed by atoms with Gasteiger partial charge in [0, 0.05) is 13.1 Å². The molecule has 1 amide bonds. The number of likely N-dealkylation sites (N-methyl/N-ethyl adjacent to an activating group) is 1. The van der Waals surface area contributed by atoms with E-state index < -0.39 is 47.7 Å². The van der Waals surface area contributed by atoms with Crippen molar-refractivity contribution < 1.29 is 40.3 Å². The number of benzene rings is 3. The average molecular weight is 528 g/mol. The Balaban J connectivity index is 1.94. The Kier molecular flexibility index (Phi) is 8.80. The van der Waals surface area contributed by atoms with E-state index in [1.807, 2.05) is 0 Å². The molecule has 0 spiro atoms. The second-order valence-electron chi connectivity index (χ2n) is 8.15. The van der Waals surface area contributed by atoms with Gasteiger partial charge in [-0.15, -0.1) is 13.2 Å². The monoisotopic (exact) mass is 528 g/mol. The molecule has 0 aliphatic heterocycles. The fraction of sp³-hybridized carbons (Fsp3) is 0.269. The van der Waals surface area contributed by atoms with Gasteiger partial charge in [0.2, 0.25) is 5.91 Å². The maximum atomic E-state index is 14.1. The van der Waals surface area contributed by atoms with Crippen LogP contribution in [0.1, 0.15) is 40.8 Å². The molecule has 3 rings (SSSR count). The van der Waals surface area contributed by atoms with Crippen LogP contribution in [0.5, 0.6) is 5.75 Å². The minimum atomic E-state index is -5.13. The highest BCUT2D eigenvalue weighted by atomic mass is 19.4. The van der Waals surface area contributed by atoms with E-state index in [1.165, 1.54) is 25.2 Å². The molecule has 37 heavy (non-hydrogen) atoms. The second-order valence-corrected chi connectivity index (χ2v) is 8.15. The number of hydrogen-bond acceptors (Lipinski definition) is 3. The van der Waals surface area contributed by atoms with Gasteiger partial charge in [-0.3, -0.25) is 10.1 Å². The zero-order chi connectivity index (χ0) is 27.2. The van der Waals surface area contributed by atoms with E-state index in [4.69, 9.17) is 0 Å². The summed E-state index contributed by atoms with van der Waals surface area (Å²) in [5.74, 6) is -2.70. The van der Waals surface area contributed by atoms with E-state index in [0.29, 0.717) is 11.1 Å². The molecule has 1 unspecified atom stereocenters. The predicted molar refractivity (Wildman–Crippen MR) is 122 cm³/mol. The van der Waals surface area contributed by atoms with Gasteiger partial charge < -0.3 is 10.1 Å². The van der Waals surface area contributed by atoms with Crippen molar-refractivity contribution in [1.82, 2.24) is 10.6 Å². The summed E-state index contributed by atoms with van der Waals surface area (Å²) >= 11 is 0. The van der Waals surface area contributed by atoms with Crippen LogP contribution in [0.2, 0.25) is 0 Å². The zero-order valence-corrected chi connectivity index (χ0v) is 19.5. The molecule has 3 aromatic carbocycles. The summed E-state index contributed by atoms with van der Waals surface area (Å²) < 4.78 is 94.9. The first-order valence-electron chi connectivity index (χ1n) is 11.1. The van der Waals surface area contributed by atoms with E-state index in [-0.39, 0.29) is 18.4 Å². The molecular formula is C26H23F7N2O2. The van der Waals surface area contributed by atoms with Crippen LogP contribution in [0.4, 0.5) is 30.7 Å². The summed E-state index contributed by atoms with van der Waals surface area (Å²) in [6, 6.07) is 14.2. The molecule has 0 bridgehead atoms. The highest BCUT2D eigenvalue weighted by molar-refractivity contribution is 5.83. The van der Waals surface area contributed by atoms with Crippen molar-refractivity contribution in [2.75, 3.05) is 7.05 Å². The number of alkyl halides is 6. The van der Waals surface area contributed by atoms with E-state index in [0.717, 1.165) is 24.3 Å². The molecular weight excluding hydrogens is 505 g/mol. The number of rotatable bonds is 9. The van der Waals surface area contributed by atoms with Crippen molar-refractivity contribution in [2.24, 2.45) is 0 Å².